The normalized spacial score (nSPS) is 13.8. The molecule has 0 unspecified atom stereocenters. The van der Waals surface area contributed by atoms with E-state index in [1.165, 1.54) is 17.7 Å². The van der Waals surface area contributed by atoms with Gasteiger partial charge in [-0.15, -0.1) is 21.5 Å². The summed E-state index contributed by atoms with van der Waals surface area (Å²) in [5.74, 6) is 3.38. The highest BCUT2D eigenvalue weighted by atomic mass is 32.2. The third kappa shape index (κ3) is 4.43. The molecule has 0 radical (unpaired) electrons. The summed E-state index contributed by atoms with van der Waals surface area (Å²) >= 11 is 3.55. The Labute approximate surface area is 177 Å². The lowest BCUT2D eigenvalue weighted by atomic mass is 10.2. The van der Waals surface area contributed by atoms with E-state index >= 15 is 0 Å². The molecule has 0 bridgehead atoms. The smallest absolute Gasteiger partial charge is 0.226 e. The van der Waals surface area contributed by atoms with Crippen LogP contribution in [0.25, 0.3) is 11.4 Å². The van der Waals surface area contributed by atoms with Gasteiger partial charge in [0, 0.05) is 35.1 Å². The van der Waals surface area contributed by atoms with E-state index in [4.69, 9.17) is 4.52 Å². The molecule has 1 fully saturated rings. The first-order valence-corrected chi connectivity index (χ1v) is 11.7. The van der Waals surface area contributed by atoms with Gasteiger partial charge in [-0.05, 0) is 30.7 Å². The fourth-order valence-corrected chi connectivity index (χ4v) is 4.91. The Balaban J connectivity index is 1.17. The van der Waals surface area contributed by atoms with Crippen molar-refractivity contribution in [2.45, 2.75) is 43.3 Å². The van der Waals surface area contributed by atoms with Crippen LogP contribution in [0.4, 0.5) is 0 Å². The molecule has 0 amide bonds. The molecule has 4 aromatic rings. The molecule has 29 heavy (non-hydrogen) atoms. The molecule has 1 aliphatic rings. The second-order valence-corrected chi connectivity index (χ2v) is 9.18. The van der Waals surface area contributed by atoms with Crippen LogP contribution < -0.4 is 0 Å². The van der Waals surface area contributed by atoms with Crippen LogP contribution in [0.2, 0.25) is 0 Å². The fourth-order valence-electron chi connectivity index (χ4n) is 3.24. The van der Waals surface area contributed by atoms with Crippen LogP contribution in [-0.2, 0) is 12.8 Å². The number of rotatable bonds is 9. The van der Waals surface area contributed by atoms with Gasteiger partial charge in [0.05, 0.1) is 0 Å². The van der Waals surface area contributed by atoms with Gasteiger partial charge in [0.2, 0.25) is 11.7 Å². The molecular weight excluding hydrogens is 402 g/mol. The molecule has 3 aromatic heterocycles. The van der Waals surface area contributed by atoms with Gasteiger partial charge in [0.25, 0.3) is 0 Å². The highest BCUT2D eigenvalue weighted by molar-refractivity contribution is 7.99. The first-order chi connectivity index (χ1) is 14.4. The number of thioether (sulfide) groups is 1. The quantitative estimate of drug-likeness (QED) is 0.277. The average Bonchev–Trinajstić information content (AvgIpc) is 3.13. The Bertz CT molecular complexity index is 1050. The van der Waals surface area contributed by atoms with E-state index in [0.717, 1.165) is 41.6 Å². The first-order valence-electron chi connectivity index (χ1n) is 9.84. The van der Waals surface area contributed by atoms with Crippen LogP contribution in [0.5, 0.6) is 0 Å². The van der Waals surface area contributed by atoms with Crippen molar-refractivity contribution in [3.05, 3.63) is 64.4 Å². The molecule has 1 saturated carbocycles. The van der Waals surface area contributed by atoms with Gasteiger partial charge in [-0.2, -0.15) is 4.98 Å². The summed E-state index contributed by atoms with van der Waals surface area (Å²) in [5.41, 5.74) is 0.979. The van der Waals surface area contributed by atoms with E-state index in [1.807, 2.05) is 30.3 Å². The third-order valence-electron chi connectivity index (χ3n) is 4.83. The Morgan fingerprint density at radius 2 is 2.00 bits per heavy atom. The summed E-state index contributed by atoms with van der Waals surface area (Å²) in [6.07, 6.45) is 5.05. The van der Waals surface area contributed by atoms with Gasteiger partial charge in [0.1, 0.15) is 5.82 Å². The zero-order chi connectivity index (χ0) is 19.5. The molecule has 1 aromatic carbocycles. The largest absolute Gasteiger partial charge is 0.339 e. The molecule has 5 rings (SSSR count). The van der Waals surface area contributed by atoms with Crippen molar-refractivity contribution in [2.24, 2.45) is 0 Å². The Morgan fingerprint density at radius 1 is 1.10 bits per heavy atom. The highest BCUT2D eigenvalue weighted by Crippen LogP contribution is 2.39. The minimum Gasteiger partial charge on any atom is -0.339 e. The Kier molecular flexibility index (Phi) is 5.45. The van der Waals surface area contributed by atoms with Crippen LogP contribution in [0, 0.1) is 0 Å². The highest BCUT2D eigenvalue weighted by Gasteiger charge is 2.29. The van der Waals surface area contributed by atoms with E-state index < -0.39 is 0 Å². The minimum atomic E-state index is 0.576. The Hall–Kier alpha value is -2.45. The van der Waals surface area contributed by atoms with E-state index in [9.17, 15) is 0 Å². The lowest BCUT2D eigenvalue weighted by Gasteiger charge is -2.07. The molecular formula is C21H21N5OS2. The minimum absolute atomic E-state index is 0.576. The molecule has 8 heteroatoms. The standard InChI is InChI=1S/C21H21N5OS2/c1-2-6-15(7-3-1)20-22-19(27-25-20)9-5-13-29-21-24-23-18(26(21)16-10-11-16)14-17-8-4-12-28-17/h1-4,6-8,12,16H,5,9-11,13-14H2. The van der Waals surface area contributed by atoms with Crippen LogP contribution in [-0.4, -0.2) is 30.7 Å². The number of hydrogen-bond donors (Lipinski definition) is 0. The van der Waals surface area contributed by atoms with Crippen LogP contribution in [0.3, 0.4) is 0 Å². The predicted octanol–water partition coefficient (Wildman–Crippen LogP) is 5.04. The number of hydrogen-bond acceptors (Lipinski definition) is 7. The zero-order valence-electron chi connectivity index (χ0n) is 15.9. The van der Waals surface area contributed by atoms with E-state index in [1.54, 1.807) is 23.1 Å². The third-order valence-corrected chi connectivity index (χ3v) is 6.73. The second kappa shape index (κ2) is 8.51. The molecule has 0 atom stereocenters. The van der Waals surface area contributed by atoms with Crippen molar-refractivity contribution in [2.75, 3.05) is 5.75 Å². The maximum atomic E-state index is 5.40. The maximum absolute atomic E-state index is 5.40. The molecule has 0 spiro atoms. The lowest BCUT2D eigenvalue weighted by molar-refractivity contribution is 0.378. The average molecular weight is 424 g/mol. The van der Waals surface area contributed by atoms with Crippen molar-refractivity contribution in [3.63, 3.8) is 0 Å². The fraction of sp³-hybridized carbons (Fsp3) is 0.333. The van der Waals surface area contributed by atoms with Gasteiger partial charge >= 0.3 is 0 Å². The van der Waals surface area contributed by atoms with Gasteiger partial charge in [-0.1, -0.05) is 53.3 Å². The lowest BCUT2D eigenvalue weighted by Crippen LogP contribution is -2.03. The molecule has 0 N–H and O–H groups in total. The van der Waals surface area contributed by atoms with Crippen LogP contribution in [0.1, 0.15) is 41.9 Å². The summed E-state index contributed by atoms with van der Waals surface area (Å²) < 4.78 is 7.76. The molecule has 6 nitrogen and oxygen atoms in total. The van der Waals surface area contributed by atoms with Crippen LogP contribution in [0.15, 0.2) is 57.5 Å². The second-order valence-electron chi connectivity index (χ2n) is 7.09. The van der Waals surface area contributed by atoms with Gasteiger partial charge in [0.15, 0.2) is 5.16 Å². The molecule has 148 valence electrons. The molecule has 1 aliphatic carbocycles. The molecule has 0 saturated heterocycles. The number of thiophene rings is 1. The van der Waals surface area contributed by atoms with Crippen molar-refractivity contribution >= 4 is 23.1 Å². The summed E-state index contributed by atoms with van der Waals surface area (Å²) in [7, 11) is 0. The number of nitrogens with zero attached hydrogens (tertiary/aromatic N) is 5. The number of aryl methyl sites for hydroxylation is 1. The summed E-state index contributed by atoms with van der Waals surface area (Å²) in [5, 5.41) is 16.2. The first kappa shape index (κ1) is 18.6. The summed E-state index contributed by atoms with van der Waals surface area (Å²) in [4.78, 5) is 5.84. The van der Waals surface area contributed by atoms with Crippen molar-refractivity contribution in [1.82, 2.24) is 24.9 Å². The topological polar surface area (TPSA) is 69.6 Å². The van der Waals surface area contributed by atoms with E-state index in [2.05, 4.69) is 42.4 Å². The SMILES string of the molecule is c1ccc(-c2noc(CCCSc3nnc(Cc4cccs4)n3C3CC3)n2)cc1. The van der Waals surface area contributed by atoms with Gasteiger partial charge < -0.3 is 9.09 Å². The van der Waals surface area contributed by atoms with Crippen molar-refractivity contribution in [3.8, 4) is 11.4 Å². The summed E-state index contributed by atoms with van der Waals surface area (Å²) in [6.45, 7) is 0. The number of aromatic nitrogens is 5. The maximum Gasteiger partial charge on any atom is 0.226 e. The van der Waals surface area contributed by atoms with Crippen LogP contribution >= 0.6 is 23.1 Å². The number of benzene rings is 1. The van der Waals surface area contributed by atoms with E-state index in [0.29, 0.717) is 17.8 Å². The summed E-state index contributed by atoms with van der Waals surface area (Å²) in [6, 6.07) is 14.7. The predicted molar refractivity (Wildman–Crippen MR) is 114 cm³/mol. The van der Waals surface area contributed by atoms with Crippen molar-refractivity contribution < 1.29 is 4.52 Å². The van der Waals surface area contributed by atoms with Crippen molar-refractivity contribution in [1.29, 1.82) is 0 Å². The monoisotopic (exact) mass is 423 g/mol. The molecule has 0 aliphatic heterocycles. The zero-order valence-corrected chi connectivity index (χ0v) is 17.5. The molecule has 3 heterocycles. The van der Waals surface area contributed by atoms with E-state index in [-0.39, 0.29) is 0 Å². The van der Waals surface area contributed by atoms with Gasteiger partial charge in [-0.3, -0.25) is 0 Å². The van der Waals surface area contributed by atoms with Gasteiger partial charge in [-0.25, -0.2) is 0 Å². The Morgan fingerprint density at radius 3 is 2.79 bits per heavy atom.